The highest BCUT2D eigenvalue weighted by molar-refractivity contribution is 7.11. The number of aryl methyl sites for hydroxylation is 1. The highest BCUT2D eigenvalue weighted by Crippen LogP contribution is 2.27. The normalized spacial score (nSPS) is 12.1. The summed E-state index contributed by atoms with van der Waals surface area (Å²) in [7, 11) is 1.64. The van der Waals surface area contributed by atoms with Gasteiger partial charge in [0.15, 0.2) is 5.96 Å². The van der Waals surface area contributed by atoms with Crippen molar-refractivity contribution in [2.75, 3.05) is 25.5 Å². The van der Waals surface area contributed by atoms with Crippen molar-refractivity contribution in [1.82, 2.24) is 25.6 Å². The number of rotatable bonds is 7. The van der Waals surface area contributed by atoms with Crippen LogP contribution in [-0.2, 0) is 19.1 Å². The molecule has 0 fully saturated rings. The van der Waals surface area contributed by atoms with Gasteiger partial charge in [0.1, 0.15) is 10.7 Å². The minimum atomic E-state index is -4.49. The number of halogens is 3. The van der Waals surface area contributed by atoms with E-state index in [2.05, 4.69) is 42.8 Å². The molecule has 0 unspecified atom stereocenters. The Bertz CT molecular complexity index is 730. The van der Waals surface area contributed by atoms with Crippen molar-refractivity contribution in [3.05, 3.63) is 34.0 Å². The van der Waals surface area contributed by atoms with Gasteiger partial charge in [-0.2, -0.15) is 13.2 Å². The third-order valence-corrected chi connectivity index (χ3v) is 4.37. The first-order valence-corrected chi connectivity index (χ1v) is 8.76. The molecule has 26 heavy (non-hydrogen) atoms. The summed E-state index contributed by atoms with van der Waals surface area (Å²) in [6, 6.07) is 0.831. The van der Waals surface area contributed by atoms with Gasteiger partial charge in [0.2, 0.25) is 5.95 Å². The van der Waals surface area contributed by atoms with Crippen LogP contribution in [-0.4, -0.2) is 41.0 Å². The van der Waals surface area contributed by atoms with E-state index in [1.807, 2.05) is 6.20 Å². The fraction of sp³-hybridized carbons (Fsp3) is 0.467. The number of nitrogens with one attached hydrogen (secondary N) is 3. The van der Waals surface area contributed by atoms with Gasteiger partial charge in [0, 0.05) is 37.4 Å². The lowest BCUT2D eigenvalue weighted by molar-refractivity contribution is -0.141. The zero-order valence-electron chi connectivity index (χ0n) is 14.4. The van der Waals surface area contributed by atoms with Crippen LogP contribution in [0.15, 0.2) is 23.5 Å². The van der Waals surface area contributed by atoms with Crippen LogP contribution in [0.1, 0.15) is 22.5 Å². The molecule has 11 heteroatoms. The van der Waals surface area contributed by atoms with E-state index in [4.69, 9.17) is 0 Å². The smallest absolute Gasteiger partial charge is 0.355 e. The van der Waals surface area contributed by atoms with Crippen molar-refractivity contribution < 1.29 is 13.2 Å². The van der Waals surface area contributed by atoms with Crippen molar-refractivity contribution in [3.8, 4) is 0 Å². The SMILES string of the molecule is CCc1cnc(CNC(=NC)NCCNc2nccc(C(F)(F)F)n2)s1. The summed E-state index contributed by atoms with van der Waals surface area (Å²) in [5, 5.41) is 9.88. The summed E-state index contributed by atoms with van der Waals surface area (Å²) in [6.07, 6.45) is -0.605. The molecule has 0 saturated heterocycles. The largest absolute Gasteiger partial charge is 0.433 e. The quantitative estimate of drug-likeness (QED) is 0.384. The number of anilines is 1. The number of thiazole rings is 1. The Morgan fingerprint density at radius 1 is 1.23 bits per heavy atom. The molecule has 2 heterocycles. The van der Waals surface area contributed by atoms with Gasteiger partial charge < -0.3 is 16.0 Å². The maximum atomic E-state index is 12.6. The first-order chi connectivity index (χ1) is 12.4. The van der Waals surface area contributed by atoms with E-state index in [1.54, 1.807) is 18.4 Å². The Morgan fingerprint density at radius 2 is 2.04 bits per heavy atom. The highest BCUT2D eigenvalue weighted by Gasteiger charge is 2.32. The molecule has 2 aromatic heterocycles. The van der Waals surface area contributed by atoms with Crippen LogP contribution in [0, 0.1) is 0 Å². The maximum Gasteiger partial charge on any atom is 0.433 e. The highest BCUT2D eigenvalue weighted by atomic mass is 32.1. The summed E-state index contributed by atoms with van der Waals surface area (Å²) < 4.78 is 37.8. The Kier molecular flexibility index (Phi) is 7.13. The number of guanidine groups is 1. The van der Waals surface area contributed by atoms with Crippen LogP contribution in [0.25, 0.3) is 0 Å². The number of aromatic nitrogens is 3. The molecule has 2 rings (SSSR count). The number of hydrogen-bond donors (Lipinski definition) is 3. The van der Waals surface area contributed by atoms with Crippen LogP contribution < -0.4 is 16.0 Å². The molecule has 3 N–H and O–H groups in total. The third-order valence-electron chi connectivity index (χ3n) is 3.23. The molecule has 142 valence electrons. The van der Waals surface area contributed by atoms with Crippen molar-refractivity contribution in [3.63, 3.8) is 0 Å². The van der Waals surface area contributed by atoms with E-state index in [-0.39, 0.29) is 5.95 Å². The summed E-state index contributed by atoms with van der Waals surface area (Å²) in [4.78, 5) is 16.8. The summed E-state index contributed by atoms with van der Waals surface area (Å²) in [5.74, 6) is 0.504. The predicted molar refractivity (Wildman–Crippen MR) is 95.2 cm³/mol. The first-order valence-electron chi connectivity index (χ1n) is 7.94. The molecule has 0 saturated carbocycles. The summed E-state index contributed by atoms with van der Waals surface area (Å²) >= 11 is 1.64. The zero-order valence-corrected chi connectivity index (χ0v) is 15.2. The second-order valence-electron chi connectivity index (χ2n) is 5.12. The van der Waals surface area contributed by atoms with Crippen LogP contribution in [0.3, 0.4) is 0 Å². The number of hydrogen-bond acceptors (Lipinski definition) is 6. The Morgan fingerprint density at radius 3 is 2.69 bits per heavy atom. The lowest BCUT2D eigenvalue weighted by Gasteiger charge is -2.12. The lowest BCUT2D eigenvalue weighted by atomic mass is 10.4. The van der Waals surface area contributed by atoms with E-state index < -0.39 is 11.9 Å². The van der Waals surface area contributed by atoms with Crippen molar-refractivity contribution in [2.24, 2.45) is 4.99 Å². The van der Waals surface area contributed by atoms with E-state index in [9.17, 15) is 13.2 Å². The molecule has 0 aromatic carbocycles. The molecule has 0 amide bonds. The van der Waals surface area contributed by atoms with E-state index in [0.29, 0.717) is 25.6 Å². The minimum Gasteiger partial charge on any atom is -0.355 e. The number of nitrogens with zero attached hydrogens (tertiary/aromatic N) is 4. The standard InChI is InChI=1S/C15H20F3N7S/c1-3-10-8-23-12(26-10)9-24-13(19-2)21-6-7-22-14-20-5-4-11(25-14)15(16,17)18/h4-5,8H,3,6-7,9H2,1-2H3,(H2,19,21,24)(H,20,22,25). The predicted octanol–water partition coefficient (Wildman–Crippen LogP) is 2.29. The van der Waals surface area contributed by atoms with Gasteiger partial charge >= 0.3 is 6.18 Å². The maximum absolute atomic E-state index is 12.6. The Hall–Kier alpha value is -2.43. The average molecular weight is 387 g/mol. The van der Waals surface area contributed by atoms with Crippen molar-refractivity contribution >= 4 is 23.2 Å². The summed E-state index contributed by atoms with van der Waals surface area (Å²) in [6.45, 7) is 3.39. The number of aliphatic imine (C=N–C) groups is 1. The third kappa shape index (κ3) is 6.14. The zero-order chi connectivity index (χ0) is 19.0. The molecular formula is C15H20F3N7S. The second-order valence-corrected chi connectivity index (χ2v) is 6.32. The van der Waals surface area contributed by atoms with E-state index in [0.717, 1.165) is 23.7 Å². The van der Waals surface area contributed by atoms with Gasteiger partial charge in [-0.3, -0.25) is 4.99 Å². The van der Waals surface area contributed by atoms with Crippen molar-refractivity contribution in [2.45, 2.75) is 26.1 Å². The topological polar surface area (TPSA) is 87.1 Å². The molecule has 2 aromatic rings. The fourth-order valence-electron chi connectivity index (χ4n) is 1.93. The van der Waals surface area contributed by atoms with E-state index >= 15 is 0 Å². The van der Waals surface area contributed by atoms with Crippen molar-refractivity contribution in [1.29, 1.82) is 0 Å². The fourth-order valence-corrected chi connectivity index (χ4v) is 2.73. The van der Waals surface area contributed by atoms with Gasteiger partial charge in [0.05, 0.1) is 6.54 Å². The van der Waals surface area contributed by atoms with Gasteiger partial charge in [-0.15, -0.1) is 11.3 Å². The molecule has 0 aliphatic rings. The molecule has 0 atom stereocenters. The molecule has 0 spiro atoms. The van der Waals surface area contributed by atoms with Crippen LogP contribution in [0.4, 0.5) is 19.1 Å². The van der Waals surface area contributed by atoms with E-state index in [1.165, 1.54) is 4.88 Å². The molecule has 0 radical (unpaired) electrons. The van der Waals surface area contributed by atoms with Gasteiger partial charge in [0.25, 0.3) is 0 Å². The molecule has 0 aliphatic carbocycles. The second kappa shape index (κ2) is 9.32. The van der Waals surface area contributed by atoms with Crippen LogP contribution in [0.5, 0.6) is 0 Å². The summed E-state index contributed by atoms with van der Waals surface area (Å²) in [5.41, 5.74) is -0.977. The van der Waals surface area contributed by atoms with Gasteiger partial charge in [-0.25, -0.2) is 15.0 Å². The molecular weight excluding hydrogens is 367 g/mol. The van der Waals surface area contributed by atoms with Crippen LogP contribution in [0.2, 0.25) is 0 Å². The van der Waals surface area contributed by atoms with Gasteiger partial charge in [-0.1, -0.05) is 6.92 Å². The Labute approximate surface area is 153 Å². The minimum absolute atomic E-state index is 0.0700. The first kappa shape index (κ1) is 19.9. The van der Waals surface area contributed by atoms with Gasteiger partial charge in [-0.05, 0) is 12.5 Å². The molecule has 0 aliphatic heterocycles. The monoisotopic (exact) mass is 387 g/mol. The Balaban J connectivity index is 1.74. The average Bonchev–Trinajstić information content (AvgIpc) is 3.09. The number of alkyl halides is 3. The molecule has 0 bridgehead atoms. The molecule has 7 nitrogen and oxygen atoms in total. The lowest BCUT2D eigenvalue weighted by Crippen LogP contribution is -2.39. The van der Waals surface area contributed by atoms with Crippen LogP contribution >= 0.6 is 11.3 Å².